The molecular formula is C9H17N3O2S2. The predicted molar refractivity (Wildman–Crippen MR) is 66.2 cm³/mol. The zero-order valence-corrected chi connectivity index (χ0v) is 10.7. The molecule has 2 saturated carbocycles. The lowest BCUT2D eigenvalue weighted by Crippen LogP contribution is -2.57. The van der Waals surface area contributed by atoms with Crippen LogP contribution in [0.3, 0.4) is 0 Å². The van der Waals surface area contributed by atoms with Crippen LogP contribution in [0.2, 0.25) is 0 Å². The largest absolute Gasteiger partial charge is 0.392 e. The third kappa shape index (κ3) is 2.71. The Morgan fingerprint density at radius 2 is 1.88 bits per heavy atom. The van der Waals surface area contributed by atoms with E-state index in [0.29, 0.717) is 12.8 Å². The molecule has 0 atom stereocenters. The quantitative estimate of drug-likeness (QED) is 0.617. The summed E-state index contributed by atoms with van der Waals surface area (Å²) in [7, 11) is -3.47. The smallest absolute Gasteiger partial charge is 0.278 e. The number of hydrogen-bond donors (Lipinski definition) is 3. The fourth-order valence-corrected chi connectivity index (χ4v) is 3.97. The highest BCUT2D eigenvalue weighted by Gasteiger charge is 2.41. The van der Waals surface area contributed by atoms with E-state index in [9.17, 15) is 8.42 Å². The van der Waals surface area contributed by atoms with Gasteiger partial charge in [-0.2, -0.15) is 17.9 Å². The summed E-state index contributed by atoms with van der Waals surface area (Å²) >= 11 is 4.99. The normalized spacial score (nSPS) is 24.5. The van der Waals surface area contributed by atoms with E-state index < -0.39 is 15.7 Å². The topological polar surface area (TPSA) is 84.2 Å². The number of nitrogens with two attached hydrogens (primary N) is 1. The number of thiocarbonyl (C=S) groups is 1. The third-order valence-corrected chi connectivity index (χ3v) is 4.85. The Bertz CT molecular complexity index is 384. The second-order valence-corrected chi connectivity index (χ2v) is 6.54. The van der Waals surface area contributed by atoms with Crippen LogP contribution in [0.15, 0.2) is 0 Å². The average Bonchev–Trinajstić information content (AvgIpc) is 2.80. The van der Waals surface area contributed by atoms with Crippen molar-refractivity contribution in [1.29, 1.82) is 0 Å². The molecule has 0 unspecified atom stereocenters. The van der Waals surface area contributed by atoms with Gasteiger partial charge in [-0.25, -0.2) is 0 Å². The SMILES string of the molecule is NC(=S)C1(NS(=O)(=O)NC2CC2)CCCC1. The van der Waals surface area contributed by atoms with E-state index in [2.05, 4.69) is 9.44 Å². The maximum atomic E-state index is 11.8. The van der Waals surface area contributed by atoms with Crippen LogP contribution in [0, 0.1) is 0 Å². The van der Waals surface area contributed by atoms with Crippen LogP contribution in [0.25, 0.3) is 0 Å². The molecule has 2 fully saturated rings. The molecule has 0 radical (unpaired) electrons. The third-order valence-electron chi connectivity index (χ3n) is 3.16. The zero-order valence-electron chi connectivity index (χ0n) is 9.03. The van der Waals surface area contributed by atoms with Gasteiger partial charge in [0.25, 0.3) is 10.2 Å². The summed E-state index contributed by atoms with van der Waals surface area (Å²) < 4.78 is 28.8. The molecular weight excluding hydrogens is 246 g/mol. The molecule has 0 saturated heterocycles. The van der Waals surface area contributed by atoms with Crippen molar-refractivity contribution >= 4 is 27.4 Å². The van der Waals surface area contributed by atoms with E-state index in [4.69, 9.17) is 18.0 Å². The summed E-state index contributed by atoms with van der Waals surface area (Å²) in [5.74, 6) is 0. The van der Waals surface area contributed by atoms with Gasteiger partial charge in [-0.3, -0.25) is 0 Å². The van der Waals surface area contributed by atoms with E-state index in [1.807, 2.05) is 0 Å². The molecule has 0 bridgehead atoms. The minimum atomic E-state index is -3.47. The molecule has 0 amide bonds. The van der Waals surface area contributed by atoms with Crippen molar-refractivity contribution in [3.8, 4) is 0 Å². The standard InChI is InChI=1S/C9H17N3O2S2/c10-8(15)9(5-1-2-6-9)12-16(13,14)11-7-3-4-7/h7,11-12H,1-6H2,(H2,10,15). The average molecular weight is 263 g/mol. The monoisotopic (exact) mass is 263 g/mol. The van der Waals surface area contributed by atoms with Gasteiger partial charge in [0, 0.05) is 6.04 Å². The number of nitrogens with one attached hydrogen (secondary N) is 2. The lowest BCUT2D eigenvalue weighted by Gasteiger charge is -2.28. The highest BCUT2D eigenvalue weighted by molar-refractivity contribution is 7.87. The van der Waals surface area contributed by atoms with Crippen LogP contribution >= 0.6 is 12.2 Å². The molecule has 5 nitrogen and oxygen atoms in total. The van der Waals surface area contributed by atoms with Crippen molar-refractivity contribution < 1.29 is 8.42 Å². The van der Waals surface area contributed by atoms with Gasteiger partial charge in [-0.05, 0) is 25.7 Å². The number of hydrogen-bond acceptors (Lipinski definition) is 3. The first-order valence-electron chi connectivity index (χ1n) is 5.55. The van der Waals surface area contributed by atoms with Gasteiger partial charge < -0.3 is 5.73 Å². The van der Waals surface area contributed by atoms with Crippen LogP contribution in [-0.4, -0.2) is 25.0 Å². The molecule has 92 valence electrons. The summed E-state index contributed by atoms with van der Waals surface area (Å²) in [6.07, 6.45) is 5.16. The van der Waals surface area contributed by atoms with Gasteiger partial charge in [0.1, 0.15) is 0 Å². The predicted octanol–water partition coefficient (Wildman–Crippen LogP) is 0.172. The first-order valence-corrected chi connectivity index (χ1v) is 7.44. The van der Waals surface area contributed by atoms with Crippen molar-refractivity contribution in [2.75, 3.05) is 0 Å². The fraction of sp³-hybridized carbons (Fsp3) is 0.889. The molecule has 0 heterocycles. The lowest BCUT2D eigenvalue weighted by molar-refractivity contribution is 0.494. The molecule has 4 N–H and O–H groups in total. The molecule has 0 aliphatic heterocycles. The zero-order chi connectivity index (χ0) is 11.8. The molecule has 2 aliphatic rings. The summed E-state index contributed by atoms with van der Waals surface area (Å²) in [6, 6.07) is 0.0994. The Kier molecular flexibility index (Phi) is 3.22. The lowest BCUT2D eigenvalue weighted by atomic mass is 10.00. The maximum Gasteiger partial charge on any atom is 0.278 e. The van der Waals surface area contributed by atoms with Crippen molar-refractivity contribution in [1.82, 2.24) is 9.44 Å². The minimum absolute atomic E-state index is 0.0994. The summed E-state index contributed by atoms with van der Waals surface area (Å²) in [6.45, 7) is 0. The second kappa shape index (κ2) is 4.21. The Morgan fingerprint density at radius 1 is 1.31 bits per heavy atom. The minimum Gasteiger partial charge on any atom is -0.392 e. The molecule has 0 aromatic carbocycles. The molecule has 0 aromatic rings. The second-order valence-electron chi connectivity index (χ2n) is 4.65. The molecule has 7 heteroatoms. The summed E-state index contributed by atoms with van der Waals surface area (Å²) in [4.78, 5) is 0.256. The van der Waals surface area contributed by atoms with Crippen LogP contribution in [0.5, 0.6) is 0 Å². The van der Waals surface area contributed by atoms with E-state index in [-0.39, 0.29) is 11.0 Å². The van der Waals surface area contributed by atoms with Gasteiger partial charge in [-0.1, -0.05) is 25.1 Å². The van der Waals surface area contributed by atoms with Crippen molar-refractivity contribution in [3.05, 3.63) is 0 Å². The molecule has 0 aromatic heterocycles. The van der Waals surface area contributed by atoms with Gasteiger partial charge >= 0.3 is 0 Å². The Hall–Kier alpha value is -0.240. The maximum absolute atomic E-state index is 11.8. The van der Waals surface area contributed by atoms with E-state index >= 15 is 0 Å². The van der Waals surface area contributed by atoms with E-state index in [1.165, 1.54) is 0 Å². The fourth-order valence-electron chi connectivity index (χ4n) is 2.08. The van der Waals surface area contributed by atoms with E-state index in [0.717, 1.165) is 25.7 Å². The Labute approximate surface area is 101 Å². The van der Waals surface area contributed by atoms with Gasteiger partial charge in [0.15, 0.2) is 0 Å². The van der Waals surface area contributed by atoms with Crippen LogP contribution in [-0.2, 0) is 10.2 Å². The Morgan fingerprint density at radius 3 is 2.31 bits per heavy atom. The molecule has 0 spiro atoms. The summed E-state index contributed by atoms with van der Waals surface area (Å²) in [5.41, 5.74) is 4.96. The molecule has 16 heavy (non-hydrogen) atoms. The first kappa shape index (κ1) is 12.2. The van der Waals surface area contributed by atoms with Crippen LogP contribution in [0.4, 0.5) is 0 Å². The van der Waals surface area contributed by atoms with E-state index in [1.54, 1.807) is 0 Å². The van der Waals surface area contributed by atoms with Gasteiger partial charge in [-0.15, -0.1) is 0 Å². The van der Waals surface area contributed by atoms with Crippen molar-refractivity contribution in [3.63, 3.8) is 0 Å². The molecule has 2 aliphatic carbocycles. The van der Waals surface area contributed by atoms with Crippen LogP contribution in [0.1, 0.15) is 38.5 Å². The molecule has 2 rings (SSSR count). The van der Waals surface area contributed by atoms with Gasteiger partial charge in [0.2, 0.25) is 0 Å². The van der Waals surface area contributed by atoms with Crippen molar-refractivity contribution in [2.45, 2.75) is 50.1 Å². The number of rotatable bonds is 5. The van der Waals surface area contributed by atoms with Crippen molar-refractivity contribution in [2.24, 2.45) is 5.73 Å². The van der Waals surface area contributed by atoms with Crippen LogP contribution < -0.4 is 15.2 Å². The highest BCUT2D eigenvalue weighted by atomic mass is 32.2. The summed E-state index contributed by atoms with van der Waals surface area (Å²) in [5, 5.41) is 0. The first-order chi connectivity index (χ1) is 7.44. The Balaban J connectivity index is 2.07. The highest BCUT2D eigenvalue weighted by Crippen LogP contribution is 2.31. The van der Waals surface area contributed by atoms with Gasteiger partial charge in [0.05, 0.1) is 10.5 Å².